The van der Waals surface area contributed by atoms with Crippen LogP contribution in [0.1, 0.15) is 14.7 Å². The topological polar surface area (TPSA) is 116 Å². The molecule has 3 N–H and O–H groups in total. The van der Waals surface area contributed by atoms with Crippen LogP contribution in [0.4, 0.5) is 5.82 Å². The average Bonchev–Trinajstić information content (AvgIpc) is 3.32. The molecule has 168 valence electrons. The van der Waals surface area contributed by atoms with Crippen LogP contribution in [0, 0.1) is 0 Å². The lowest BCUT2D eigenvalue weighted by molar-refractivity contribution is 0.100. The van der Waals surface area contributed by atoms with Gasteiger partial charge in [0.25, 0.3) is 5.91 Å². The van der Waals surface area contributed by atoms with Gasteiger partial charge in [0.2, 0.25) is 0 Å². The molecule has 0 aliphatic carbocycles. The van der Waals surface area contributed by atoms with Gasteiger partial charge in [-0.25, -0.2) is 15.0 Å². The SMILES string of the molecule is COc1ccc2nc(-c3cccnc3)nc(NCc3nc(-c4ccccc4)c(C(N)=O)s3)c2c1. The summed E-state index contributed by atoms with van der Waals surface area (Å²) in [5, 5.41) is 4.89. The molecular formula is C25H20N6O2S. The number of rotatable bonds is 7. The molecule has 0 saturated carbocycles. The summed E-state index contributed by atoms with van der Waals surface area (Å²) in [6.45, 7) is 0.355. The highest BCUT2D eigenvalue weighted by atomic mass is 32.1. The maximum absolute atomic E-state index is 12.1. The highest BCUT2D eigenvalue weighted by Gasteiger charge is 2.18. The van der Waals surface area contributed by atoms with Gasteiger partial charge in [-0.3, -0.25) is 9.78 Å². The average molecular weight is 469 g/mol. The maximum atomic E-state index is 12.1. The molecule has 34 heavy (non-hydrogen) atoms. The minimum Gasteiger partial charge on any atom is -0.497 e. The summed E-state index contributed by atoms with van der Waals surface area (Å²) in [6.07, 6.45) is 3.43. The van der Waals surface area contributed by atoms with E-state index in [1.807, 2.05) is 60.7 Å². The Balaban J connectivity index is 1.53. The molecule has 8 nitrogen and oxygen atoms in total. The first-order valence-electron chi connectivity index (χ1n) is 10.5. The number of hydrogen-bond donors (Lipinski definition) is 2. The first kappa shape index (κ1) is 21.5. The van der Waals surface area contributed by atoms with Crippen molar-refractivity contribution in [3.05, 3.63) is 82.9 Å². The van der Waals surface area contributed by atoms with E-state index in [0.29, 0.717) is 39.5 Å². The van der Waals surface area contributed by atoms with E-state index in [0.717, 1.165) is 22.0 Å². The number of fused-ring (bicyclic) bond motifs is 1. The van der Waals surface area contributed by atoms with Crippen LogP contribution in [0.3, 0.4) is 0 Å². The molecule has 3 aromatic heterocycles. The number of hydrogen-bond acceptors (Lipinski definition) is 8. The van der Waals surface area contributed by atoms with Gasteiger partial charge in [-0.1, -0.05) is 30.3 Å². The summed E-state index contributed by atoms with van der Waals surface area (Å²) in [5.41, 5.74) is 8.63. The Morgan fingerprint density at radius 2 is 1.85 bits per heavy atom. The van der Waals surface area contributed by atoms with Crippen LogP contribution in [-0.4, -0.2) is 33.0 Å². The van der Waals surface area contributed by atoms with E-state index in [9.17, 15) is 4.79 Å². The molecule has 2 aromatic carbocycles. The number of nitrogens with zero attached hydrogens (tertiary/aromatic N) is 4. The van der Waals surface area contributed by atoms with Crippen molar-refractivity contribution in [1.82, 2.24) is 19.9 Å². The van der Waals surface area contributed by atoms with Crippen molar-refractivity contribution in [1.29, 1.82) is 0 Å². The number of aromatic nitrogens is 4. The van der Waals surface area contributed by atoms with Gasteiger partial charge in [0.15, 0.2) is 5.82 Å². The Bertz CT molecular complexity index is 1470. The predicted molar refractivity (Wildman–Crippen MR) is 133 cm³/mol. The number of methoxy groups -OCH3 is 1. The second-order valence-electron chi connectivity index (χ2n) is 7.39. The lowest BCUT2D eigenvalue weighted by Gasteiger charge is -2.11. The molecule has 0 fully saturated rings. The third-order valence-electron chi connectivity index (χ3n) is 5.17. The summed E-state index contributed by atoms with van der Waals surface area (Å²) in [4.78, 5) is 30.8. The number of benzene rings is 2. The zero-order valence-corrected chi connectivity index (χ0v) is 19.0. The van der Waals surface area contributed by atoms with Gasteiger partial charge in [-0.15, -0.1) is 11.3 Å². The zero-order valence-electron chi connectivity index (χ0n) is 18.2. The molecular weight excluding hydrogens is 448 g/mol. The zero-order chi connectivity index (χ0) is 23.5. The molecule has 0 bridgehead atoms. The highest BCUT2D eigenvalue weighted by molar-refractivity contribution is 7.14. The summed E-state index contributed by atoms with van der Waals surface area (Å²) in [6, 6.07) is 18.9. The minimum absolute atomic E-state index is 0.355. The van der Waals surface area contributed by atoms with Crippen molar-refractivity contribution in [2.45, 2.75) is 6.54 Å². The maximum Gasteiger partial charge on any atom is 0.261 e. The molecule has 1 amide bonds. The normalized spacial score (nSPS) is 10.9. The van der Waals surface area contributed by atoms with Crippen LogP contribution < -0.4 is 15.8 Å². The fourth-order valence-electron chi connectivity index (χ4n) is 3.55. The smallest absolute Gasteiger partial charge is 0.261 e. The fraction of sp³-hybridized carbons (Fsp3) is 0.0800. The lowest BCUT2D eigenvalue weighted by Crippen LogP contribution is -2.10. The Morgan fingerprint density at radius 3 is 2.59 bits per heavy atom. The van der Waals surface area contributed by atoms with Crippen LogP contribution in [0.2, 0.25) is 0 Å². The molecule has 0 atom stereocenters. The summed E-state index contributed by atoms with van der Waals surface area (Å²) in [7, 11) is 1.62. The second-order valence-corrected chi connectivity index (χ2v) is 8.47. The van der Waals surface area contributed by atoms with E-state index in [1.54, 1.807) is 19.5 Å². The van der Waals surface area contributed by atoms with Crippen molar-refractivity contribution in [3.8, 4) is 28.4 Å². The van der Waals surface area contributed by atoms with E-state index < -0.39 is 5.91 Å². The quantitative estimate of drug-likeness (QED) is 0.360. The Hall–Kier alpha value is -4.37. The Labute approximate surface area is 199 Å². The predicted octanol–water partition coefficient (Wildman–Crippen LogP) is 4.53. The lowest BCUT2D eigenvalue weighted by atomic mass is 10.1. The van der Waals surface area contributed by atoms with Gasteiger partial charge >= 0.3 is 0 Å². The van der Waals surface area contributed by atoms with Gasteiger partial charge in [0.1, 0.15) is 21.5 Å². The first-order valence-corrected chi connectivity index (χ1v) is 11.3. The summed E-state index contributed by atoms with van der Waals surface area (Å²) < 4.78 is 5.39. The molecule has 0 aliphatic heterocycles. The van der Waals surface area contributed by atoms with Crippen LogP contribution in [0.15, 0.2) is 73.1 Å². The molecule has 0 radical (unpaired) electrons. The number of carbonyl (C=O) groups excluding carboxylic acids is 1. The van der Waals surface area contributed by atoms with Crippen molar-refractivity contribution in [2.24, 2.45) is 5.73 Å². The summed E-state index contributed by atoms with van der Waals surface area (Å²) >= 11 is 1.27. The number of carbonyl (C=O) groups is 1. The van der Waals surface area contributed by atoms with Gasteiger partial charge in [0, 0.05) is 28.9 Å². The number of nitrogens with one attached hydrogen (secondary N) is 1. The number of primary amides is 1. The van der Waals surface area contributed by atoms with Crippen LogP contribution in [0.5, 0.6) is 5.75 Å². The van der Waals surface area contributed by atoms with E-state index in [1.165, 1.54) is 11.3 Å². The van der Waals surface area contributed by atoms with Crippen LogP contribution in [0.25, 0.3) is 33.5 Å². The van der Waals surface area contributed by atoms with E-state index in [2.05, 4.69) is 15.3 Å². The highest BCUT2D eigenvalue weighted by Crippen LogP contribution is 2.31. The summed E-state index contributed by atoms with van der Waals surface area (Å²) in [5.74, 6) is 1.37. The Morgan fingerprint density at radius 1 is 1.03 bits per heavy atom. The molecule has 0 spiro atoms. The van der Waals surface area contributed by atoms with Gasteiger partial charge in [-0.2, -0.15) is 0 Å². The third-order valence-corrected chi connectivity index (χ3v) is 6.24. The standard InChI is InChI=1S/C25H20N6O2S/c1-33-17-9-10-19-18(12-17)25(31-24(29-19)16-8-5-11-27-13-16)28-14-20-30-21(22(34-20)23(26)32)15-6-3-2-4-7-15/h2-13H,14H2,1H3,(H2,26,32)(H,28,29,31). The first-order chi connectivity index (χ1) is 16.6. The largest absolute Gasteiger partial charge is 0.497 e. The number of pyridine rings is 1. The second kappa shape index (κ2) is 9.24. The van der Waals surface area contributed by atoms with E-state index >= 15 is 0 Å². The molecule has 9 heteroatoms. The number of thiazole rings is 1. The van der Waals surface area contributed by atoms with Crippen molar-refractivity contribution in [3.63, 3.8) is 0 Å². The van der Waals surface area contributed by atoms with Crippen molar-refractivity contribution >= 4 is 34.0 Å². The van der Waals surface area contributed by atoms with Crippen LogP contribution in [-0.2, 0) is 6.54 Å². The van der Waals surface area contributed by atoms with Gasteiger partial charge in [0.05, 0.1) is 24.9 Å². The van der Waals surface area contributed by atoms with Gasteiger partial charge in [-0.05, 0) is 30.3 Å². The molecule has 5 rings (SSSR count). The van der Waals surface area contributed by atoms with Crippen LogP contribution >= 0.6 is 11.3 Å². The van der Waals surface area contributed by atoms with E-state index in [-0.39, 0.29) is 0 Å². The molecule has 3 heterocycles. The van der Waals surface area contributed by atoms with Crippen molar-refractivity contribution in [2.75, 3.05) is 12.4 Å². The van der Waals surface area contributed by atoms with E-state index in [4.69, 9.17) is 20.4 Å². The monoisotopic (exact) mass is 468 g/mol. The van der Waals surface area contributed by atoms with Crippen molar-refractivity contribution < 1.29 is 9.53 Å². The fourth-order valence-corrected chi connectivity index (χ4v) is 4.43. The number of ether oxygens (including phenoxy) is 1. The Kier molecular flexibility index (Phi) is 5.84. The molecule has 0 aliphatic rings. The number of nitrogens with two attached hydrogens (primary N) is 1. The molecule has 0 saturated heterocycles. The minimum atomic E-state index is -0.501. The molecule has 5 aromatic rings. The molecule has 0 unspecified atom stereocenters. The third kappa shape index (κ3) is 4.28. The van der Waals surface area contributed by atoms with Gasteiger partial charge < -0.3 is 15.8 Å². The number of amides is 1. The number of anilines is 1.